The van der Waals surface area contributed by atoms with Crippen LogP contribution in [-0.2, 0) is 11.2 Å². The quantitative estimate of drug-likeness (QED) is 0.625. The van der Waals surface area contributed by atoms with Crippen LogP contribution in [0.1, 0.15) is 72.5 Å². The molecule has 3 aliphatic carbocycles. The first-order valence-corrected chi connectivity index (χ1v) is 12.7. The normalized spacial score (nSPS) is 22.4. The average Bonchev–Trinajstić information content (AvgIpc) is 3.73. The SMILES string of the molecule is C=Cc1cc(Cc2cc(C#N)c(N3CCN(C(=O)C4CC4)C(C4CC4)C3)nc2C2CC2)ccn1. The number of nitrogens with zero attached hydrogens (tertiary/aromatic N) is 5. The Morgan fingerprint density at radius 2 is 2.00 bits per heavy atom. The van der Waals surface area contributed by atoms with Crippen LogP contribution in [-0.4, -0.2) is 46.5 Å². The summed E-state index contributed by atoms with van der Waals surface area (Å²) in [4.78, 5) is 26.8. The fourth-order valence-electron chi connectivity index (χ4n) is 5.40. The van der Waals surface area contributed by atoms with E-state index in [1.165, 1.54) is 12.8 Å². The Morgan fingerprint density at radius 1 is 1.18 bits per heavy atom. The van der Waals surface area contributed by atoms with E-state index in [-0.39, 0.29) is 12.0 Å². The van der Waals surface area contributed by atoms with Gasteiger partial charge in [0, 0.05) is 43.4 Å². The molecule has 0 radical (unpaired) electrons. The number of nitriles is 1. The number of pyridine rings is 2. The topological polar surface area (TPSA) is 73.1 Å². The van der Waals surface area contributed by atoms with Gasteiger partial charge in [0.2, 0.25) is 5.91 Å². The second-order valence-electron chi connectivity index (χ2n) is 10.4. The average molecular weight is 454 g/mol. The molecule has 2 aromatic rings. The number of aromatic nitrogens is 2. The first-order valence-electron chi connectivity index (χ1n) is 12.7. The van der Waals surface area contributed by atoms with Gasteiger partial charge in [0.25, 0.3) is 0 Å². The van der Waals surface area contributed by atoms with Gasteiger partial charge in [0.05, 0.1) is 17.3 Å². The van der Waals surface area contributed by atoms with Crippen molar-refractivity contribution in [3.63, 3.8) is 0 Å². The fourth-order valence-corrected chi connectivity index (χ4v) is 5.40. The summed E-state index contributed by atoms with van der Waals surface area (Å²) in [6, 6.07) is 8.85. The molecule has 2 aromatic heterocycles. The minimum atomic E-state index is 0.258. The lowest BCUT2D eigenvalue weighted by Gasteiger charge is -2.43. The molecule has 0 bridgehead atoms. The van der Waals surface area contributed by atoms with E-state index in [1.807, 2.05) is 12.3 Å². The van der Waals surface area contributed by atoms with Crippen LogP contribution in [0.3, 0.4) is 0 Å². The Kier molecular flexibility index (Phi) is 5.36. The van der Waals surface area contributed by atoms with Gasteiger partial charge in [0.1, 0.15) is 11.9 Å². The molecule has 34 heavy (non-hydrogen) atoms. The molecule has 0 aromatic carbocycles. The van der Waals surface area contributed by atoms with Gasteiger partial charge in [-0.05, 0) is 86.3 Å². The molecular formula is C28H31N5O. The lowest BCUT2D eigenvalue weighted by atomic mass is 9.98. The maximum Gasteiger partial charge on any atom is 0.226 e. The summed E-state index contributed by atoms with van der Waals surface area (Å²) in [5, 5.41) is 10.1. The lowest BCUT2D eigenvalue weighted by molar-refractivity contribution is -0.135. The molecule has 6 nitrogen and oxygen atoms in total. The van der Waals surface area contributed by atoms with Crippen molar-refractivity contribution in [1.29, 1.82) is 5.26 Å². The highest BCUT2D eigenvalue weighted by Gasteiger charge is 2.45. The summed E-state index contributed by atoms with van der Waals surface area (Å²) in [5.41, 5.74) is 4.95. The number of carbonyl (C=O) groups excluding carboxylic acids is 1. The third-order valence-electron chi connectivity index (χ3n) is 7.74. The summed E-state index contributed by atoms with van der Waals surface area (Å²) in [6.07, 6.45) is 11.1. The van der Waals surface area contributed by atoms with Crippen LogP contribution in [0, 0.1) is 23.2 Å². The molecule has 4 fully saturated rings. The molecule has 0 N–H and O–H groups in total. The molecule has 1 amide bonds. The maximum absolute atomic E-state index is 12.9. The predicted octanol–water partition coefficient (Wildman–Crippen LogP) is 4.30. The van der Waals surface area contributed by atoms with Crippen LogP contribution < -0.4 is 4.90 Å². The van der Waals surface area contributed by atoms with Gasteiger partial charge in [-0.25, -0.2) is 4.98 Å². The zero-order valence-corrected chi connectivity index (χ0v) is 19.6. The number of anilines is 1. The van der Waals surface area contributed by atoms with E-state index in [2.05, 4.69) is 39.6 Å². The molecule has 3 saturated carbocycles. The first kappa shape index (κ1) is 21.3. The Bertz CT molecular complexity index is 1170. The van der Waals surface area contributed by atoms with Crippen molar-refractivity contribution in [3.8, 4) is 6.07 Å². The van der Waals surface area contributed by atoms with E-state index in [0.717, 1.165) is 80.1 Å². The van der Waals surface area contributed by atoms with Crippen LogP contribution in [0.2, 0.25) is 0 Å². The molecule has 1 aliphatic heterocycles. The number of hydrogen-bond acceptors (Lipinski definition) is 5. The van der Waals surface area contributed by atoms with Crippen molar-refractivity contribution in [1.82, 2.24) is 14.9 Å². The maximum atomic E-state index is 12.9. The highest BCUT2D eigenvalue weighted by Crippen LogP contribution is 2.44. The standard InChI is InChI=1S/C28H31N5O/c1-2-24-14-18(9-10-30-24)13-22-15-23(16-29)27(31-26(22)20-5-6-20)32-11-12-33(28(34)21-7-8-21)25(17-32)19-3-4-19/h2,9-10,14-15,19-21,25H,1,3-8,11-13,17H2. The number of carbonyl (C=O) groups is 1. The molecule has 1 atom stereocenters. The van der Waals surface area contributed by atoms with E-state index >= 15 is 0 Å². The third kappa shape index (κ3) is 4.20. The number of piperazine rings is 1. The van der Waals surface area contributed by atoms with Gasteiger partial charge in [-0.15, -0.1) is 0 Å². The summed E-state index contributed by atoms with van der Waals surface area (Å²) in [7, 11) is 0. The minimum absolute atomic E-state index is 0.258. The van der Waals surface area contributed by atoms with E-state index in [1.54, 1.807) is 6.08 Å². The van der Waals surface area contributed by atoms with E-state index < -0.39 is 0 Å². The monoisotopic (exact) mass is 453 g/mol. The highest BCUT2D eigenvalue weighted by molar-refractivity contribution is 5.81. The predicted molar refractivity (Wildman–Crippen MR) is 131 cm³/mol. The molecule has 6 rings (SSSR count). The molecule has 0 spiro atoms. The smallest absolute Gasteiger partial charge is 0.226 e. The molecule has 1 unspecified atom stereocenters. The largest absolute Gasteiger partial charge is 0.352 e. The molecule has 6 heteroatoms. The van der Waals surface area contributed by atoms with Crippen molar-refractivity contribution in [3.05, 3.63) is 59.1 Å². The van der Waals surface area contributed by atoms with Gasteiger partial charge >= 0.3 is 0 Å². The van der Waals surface area contributed by atoms with Crippen LogP contribution in [0.5, 0.6) is 0 Å². The van der Waals surface area contributed by atoms with Gasteiger partial charge < -0.3 is 9.80 Å². The Morgan fingerprint density at radius 3 is 2.68 bits per heavy atom. The Balaban J connectivity index is 1.30. The molecule has 3 heterocycles. The molecular weight excluding hydrogens is 422 g/mol. The second kappa shape index (κ2) is 8.54. The molecule has 174 valence electrons. The number of rotatable bonds is 7. The van der Waals surface area contributed by atoms with E-state index in [9.17, 15) is 10.1 Å². The lowest BCUT2D eigenvalue weighted by Crippen LogP contribution is -2.57. The summed E-state index contributed by atoms with van der Waals surface area (Å²) in [6.45, 7) is 6.11. The second-order valence-corrected chi connectivity index (χ2v) is 10.4. The van der Waals surface area contributed by atoms with Crippen molar-refractivity contribution in [2.75, 3.05) is 24.5 Å². The summed E-state index contributed by atoms with van der Waals surface area (Å²) in [5.74, 6) is 2.52. The zero-order chi connectivity index (χ0) is 23.2. The summed E-state index contributed by atoms with van der Waals surface area (Å²) < 4.78 is 0. The van der Waals surface area contributed by atoms with Crippen LogP contribution in [0.4, 0.5) is 5.82 Å². The van der Waals surface area contributed by atoms with Crippen molar-refractivity contribution in [2.45, 2.75) is 56.9 Å². The zero-order valence-electron chi connectivity index (χ0n) is 19.6. The van der Waals surface area contributed by atoms with Gasteiger partial charge in [-0.3, -0.25) is 9.78 Å². The fraction of sp³-hybridized carbons (Fsp3) is 0.500. The number of hydrogen-bond donors (Lipinski definition) is 0. The number of amides is 1. The third-order valence-corrected chi connectivity index (χ3v) is 7.74. The van der Waals surface area contributed by atoms with Gasteiger partial charge in [-0.2, -0.15) is 5.26 Å². The van der Waals surface area contributed by atoms with Gasteiger partial charge in [-0.1, -0.05) is 6.58 Å². The molecule has 4 aliphatic rings. The summed E-state index contributed by atoms with van der Waals surface area (Å²) >= 11 is 0. The van der Waals surface area contributed by atoms with Crippen LogP contribution >= 0.6 is 0 Å². The van der Waals surface area contributed by atoms with Gasteiger partial charge in [0.15, 0.2) is 0 Å². The van der Waals surface area contributed by atoms with E-state index in [4.69, 9.17) is 4.98 Å². The van der Waals surface area contributed by atoms with E-state index in [0.29, 0.717) is 23.3 Å². The molecule has 1 saturated heterocycles. The van der Waals surface area contributed by atoms with Crippen molar-refractivity contribution in [2.24, 2.45) is 11.8 Å². The Hall–Kier alpha value is -3.20. The Labute approximate surface area is 201 Å². The highest BCUT2D eigenvalue weighted by atomic mass is 16.2. The van der Waals surface area contributed by atoms with Crippen molar-refractivity contribution >= 4 is 17.8 Å². The van der Waals surface area contributed by atoms with Crippen LogP contribution in [0.15, 0.2) is 31.0 Å². The first-order chi connectivity index (χ1) is 16.6. The minimum Gasteiger partial charge on any atom is -0.352 e. The van der Waals surface area contributed by atoms with Crippen LogP contribution in [0.25, 0.3) is 6.08 Å². The van der Waals surface area contributed by atoms with Crippen molar-refractivity contribution < 1.29 is 4.79 Å².